The molecule has 1 heterocycles. The Morgan fingerprint density at radius 3 is 2.00 bits per heavy atom. The second-order valence-corrected chi connectivity index (χ2v) is 3.70. The SMILES string of the molecule is O=C1OC2C(O1)[C@H]1C=C[C@@H]2CC1. The van der Waals surface area contributed by atoms with E-state index in [0.717, 1.165) is 12.8 Å². The molecule has 12 heavy (non-hydrogen) atoms. The summed E-state index contributed by atoms with van der Waals surface area (Å²) in [5.74, 6) is 0.817. The Labute approximate surface area is 70.3 Å². The van der Waals surface area contributed by atoms with E-state index in [0.29, 0.717) is 11.8 Å². The zero-order valence-corrected chi connectivity index (χ0v) is 6.60. The number of rotatable bonds is 0. The van der Waals surface area contributed by atoms with E-state index in [4.69, 9.17) is 9.47 Å². The lowest BCUT2D eigenvalue weighted by molar-refractivity contribution is 0.0383. The number of hydrogen-bond donors (Lipinski definition) is 0. The highest BCUT2D eigenvalue weighted by atomic mass is 16.8. The molecule has 2 unspecified atom stereocenters. The molecule has 3 heteroatoms. The van der Waals surface area contributed by atoms with Gasteiger partial charge in [0.15, 0.2) is 0 Å². The van der Waals surface area contributed by atoms with Gasteiger partial charge in [0, 0.05) is 11.8 Å². The minimum Gasteiger partial charge on any atom is -0.426 e. The van der Waals surface area contributed by atoms with E-state index in [1.165, 1.54) is 0 Å². The molecule has 3 nitrogen and oxygen atoms in total. The van der Waals surface area contributed by atoms with Crippen molar-refractivity contribution < 1.29 is 14.3 Å². The Kier molecular flexibility index (Phi) is 1.10. The molecule has 0 aromatic carbocycles. The Hall–Kier alpha value is -0.990. The number of fused-ring (bicyclic) bond motifs is 1. The van der Waals surface area contributed by atoms with Gasteiger partial charge < -0.3 is 9.47 Å². The summed E-state index contributed by atoms with van der Waals surface area (Å²) < 4.78 is 10.2. The molecule has 1 saturated carbocycles. The van der Waals surface area contributed by atoms with Gasteiger partial charge in [0.2, 0.25) is 0 Å². The molecule has 0 radical (unpaired) electrons. The van der Waals surface area contributed by atoms with Gasteiger partial charge in [0.05, 0.1) is 0 Å². The maximum Gasteiger partial charge on any atom is 0.509 e. The molecule has 1 aliphatic heterocycles. The fraction of sp³-hybridized carbons (Fsp3) is 0.667. The average molecular weight is 166 g/mol. The minimum atomic E-state index is -0.481. The van der Waals surface area contributed by atoms with Crippen LogP contribution in [-0.4, -0.2) is 18.4 Å². The summed E-state index contributed by atoms with van der Waals surface area (Å²) in [6.45, 7) is 0. The van der Waals surface area contributed by atoms with Crippen molar-refractivity contribution in [2.24, 2.45) is 11.8 Å². The van der Waals surface area contributed by atoms with Crippen LogP contribution in [0.25, 0.3) is 0 Å². The van der Waals surface area contributed by atoms with Gasteiger partial charge in [0.1, 0.15) is 12.2 Å². The monoisotopic (exact) mass is 166 g/mol. The number of ether oxygens (including phenoxy) is 2. The van der Waals surface area contributed by atoms with E-state index in [1.807, 2.05) is 0 Å². The van der Waals surface area contributed by atoms with Gasteiger partial charge in [-0.1, -0.05) is 12.2 Å². The summed E-state index contributed by atoms with van der Waals surface area (Å²) in [7, 11) is 0. The maximum absolute atomic E-state index is 10.9. The van der Waals surface area contributed by atoms with E-state index < -0.39 is 6.16 Å². The molecular weight excluding hydrogens is 156 g/mol. The molecule has 4 rings (SSSR count). The molecule has 3 aliphatic carbocycles. The van der Waals surface area contributed by atoms with Crippen LogP contribution in [-0.2, 0) is 9.47 Å². The van der Waals surface area contributed by atoms with Crippen LogP contribution >= 0.6 is 0 Å². The Balaban J connectivity index is 1.97. The van der Waals surface area contributed by atoms with Crippen molar-refractivity contribution in [1.82, 2.24) is 0 Å². The summed E-state index contributed by atoms with van der Waals surface area (Å²) in [5, 5.41) is 0. The van der Waals surface area contributed by atoms with Crippen LogP contribution in [0.15, 0.2) is 12.2 Å². The van der Waals surface area contributed by atoms with Crippen molar-refractivity contribution in [1.29, 1.82) is 0 Å². The Morgan fingerprint density at radius 1 is 1.08 bits per heavy atom. The fourth-order valence-electron chi connectivity index (χ4n) is 2.46. The van der Waals surface area contributed by atoms with Crippen LogP contribution in [0.2, 0.25) is 0 Å². The highest BCUT2D eigenvalue weighted by Crippen LogP contribution is 2.42. The predicted octanol–water partition coefficient (Wildman–Crippen LogP) is 1.49. The van der Waals surface area contributed by atoms with E-state index in [1.54, 1.807) is 0 Å². The van der Waals surface area contributed by atoms with E-state index in [9.17, 15) is 4.79 Å². The van der Waals surface area contributed by atoms with Gasteiger partial charge in [-0.05, 0) is 12.8 Å². The topological polar surface area (TPSA) is 35.5 Å². The van der Waals surface area contributed by atoms with Crippen molar-refractivity contribution in [3.05, 3.63) is 12.2 Å². The molecule has 0 aromatic heterocycles. The summed E-state index contributed by atoms with van der Waals surface area (Å²) in [6, 6.07) is 0. The Bertz CT molecular complexity index is 234. The lowest BCUT2D eigenvalue weighted by Crippen LogP contribution is -2.42. The molecular formula is C9H10O3. The zero-order chi connectivity index (χ0) is 8.13. The molecule has 0 amide bonds. The first kappa shape index (κ1) is 6.52. The van der Waals surface area contributed by atoms with Crippen LogP contribution in [0.5, 0.6) is 0 Å². The predicted molar refractivity (Wildman–Crippen MR) is 40.5 cm³/mol. The normalized spacial score (nSPS) is 48.5. The maximum atomic E-state index is 10.9. The first-order valence-corrected chi connectivity index (χ1v) is 4.40. The molecule has 0 N–H and O–H groups in total. The largest absolute Gasteiger partial charge is 0.509 e. The first-order chi connectivity index (χ1) is 5.84. The summed E-state index contributed by atoms with van der Waals surface area (Å²) in [5.41, 5.74) is 0. The van der Waals surface area contributed by atoms with Gasteiger partial charge in [-0.2, -0.15) is 0 Å². The lowest BCUT2D eigenvalue weighted by atomic mass is 9.72. The van der Waals surface area contributed by atoms with Crippen LogP contribution < -0.4 is 0 Å². The number of carbonyl (C=O) groups excluding carboxylic acids is 1. The van der Waals surface area contributed by atoms with Crippen LogP contribution in [0.1, 0.15) is 12.8 Å². The van der Waals surface area contributed by atoms with Crippen molar-refractivity contribution in [3.63, 3.8) is 0 Å². The van der Waals surface area contributed by atoms with E-state index in [2.05, 4.69) is 12.2 Å². The lowest BCUT2D eigenvalue weighted by Gasteiger charge is -2.37. The van der Waals surface area contributed by atoms with E-state index >= 15 is 0 Å². The minimum absolute atomic E-state index is 0.0150. The highest BCUT2D eigenvalue weighted by molar-refractivity contribution is 5.63. The number of hydrogen-bond acceptors (Lipinski definition) is 3. The van der Waals surface area contributed by atoms with Gasteiger partial charge in [-0.3, -0.25) is 0 Å². The van der Waals surface area contributed by atoms with Gasteiger partial charge in [0.25, 0.3) is 0 Å². The van der Waals surface area contributed by atoms with Crippen LogP contribution in [0.3, 0.4) is 0 Å². The van der Waals surface area contributed by atoms with Crippen molar-refractivity contribution in [3.8, 4) is 0 Å². The summed E-state index contributed by atoms with van der Waals surface area (Å²) in [4.78, 5) is 10.9. The molecule has 4 aliphatic rings. The second-order valence-electron chi connectivity index (χ2n) is 3.70. The second kappa shape index (κ2) is 2.03. The third kappa shape index (κ3) is 0.687. The quantitative estimate of drug-likeness (QED) is 0.404. The molecule has 2 fully saturated rings. The molecule has 64 valence electrons. The Morgan fingerprint density at radius 2 is 1.58 bits per heavy atom. The molecule has 4 atom stereocenters. The van der Waals surface area contributed by atoms with Gasteiger partial charge in [-0.25, -0.2) is 4.79 Å². The zero-order valence-electron chi connectivity index (χ0n) is 6.60. The third-order valence-electron chi connectivity index (χ3n) is 3.07. The van der Waals surface area contributed by atoms with Crippen molar-refractivity contribution in [2.45, 2.75) is 25.0 Å². The van der Waals surface area contributed by atoms with Crippen molar-refractivity contribution >= 4 is 6.16 Å². The van der Waals surface area contributed by atoms with Gasteiger partial charge in [-0.15, -0.1) is 0 Å². The first-order valence-electron chi connectivity index (χ1n) is 4.40. The number of carbonyl (C=O) groups is 1. The smallest absolute Gasteiger partial charge is 0.426 e. The summed E-state index contributed by atoms with van der Waals surface area (Å²) in [6.07, 6.45) is 6.15. The molecule has 1 saturated heterocycles. The third-order valence-corrected chi connectivity index (χ3v) is 3.07. The standard InChI is InChI=1S/C9H10O3/c10-9-11-7-5-1-2-6(4-3-5)8(7)12-9/h1-2,5-8H,3-4H2/t5-,6+,7?,8?. The van der Waals surface area contributed by atoms with Crippen molar-refractivity contribution in [2.75, 3.05) is 0 Å². The molecule has 0 spiro atoms. The average Bonchev–Trinajstić information content (AvgIpc) is 2.49. The van der Waals surface area contributed by atoms with Crippen LogP contribution in [0, 0.1) is 11.8 Å². The molecule has 0 aromatic rings. The van der Waals surface area contributed by atoms with Crippen LogP contribution in [0.4, 0.5) is 4.79 Å². The van der Waals surface area contributed by atoms with E-state index in [-0.39, 0.29) is 12.2 Å². The van der Waals surface area contributed by atoms with Gasteiger partial charge >= 0.3 is 6.16 Å². The molecule has 2 bridgehead atoms. The highest BCUT2D eigenvalue weighted by Gasteiger charge is 2.49. The fourth-order valence-corrected chi connectivity index (χ4v) is 2.46. The summed E-state index contributed by atoms with van der Waals surface area (Å²) >= 11 is 0.